The van der Waals surface area contributed by atoms with Gasteiger partial charge in [-0.3, -0.25) is 0 Å². The largest absolute Gasteiger partial charge is 0.354 e. The summed E-state index contributed by atoms with van der Waals surface area (Å²) in [7, 11) is -1.31. The quantitative estimate of drug-likeness (QED) is 0.747. The van der Waals surface area contributed by atoms with Crippen molar-refractivity contribution in [3.63, 3.8) is 0 Å². The summed E-state index contributed by atoms with van der Waals surface area (Å²) in [5, 5.41) is 0. The summed E-state index contributed by atoms with van der Waals surface area (Å²) in [6.45, 7) is 6.09. The molecule has 0 saturated carbocycles. The van der Waals surface area contributed by atoms with Crippen molar-refractivity contribution in [1.82, 2.24) is 19.2 Å². The summed E-state index contributed by atoms with van der Waals surface area (Å²) in [5.41, 5.74) is 0. The minimum Gasteiger partial charge on any atom is -0.354 e. The van der Waals surface area contributed by atoms with Crippen LogP contribution in [0.3, 0.4) is 0 Å². The highest BCUT2D eigenvalue weighted by atomic mass is 32.2. The summed E-state index contributed by atoms with van der Waals surface area (Å²) in [6.07, 6.45) is 1.61. The first kappa shape index (κ1) is 19.1. The first-order chi connectivity index (χ1) is 13.5. The number of aromatic nitrogens is 2. The Balaban J connectivity index is 1.42. The van der Waals surface area contributed by atoms with E-state index >= 15 is 0 Å². The topological polar surface area (TPSA) is 72.9 Å². The Morgan fingerprint density at radius 3 is 1.89 bits per heavy atom. The SMILES string of the molecule is CN1CCN(c2cc(N3CCN(S(=O)(=O)c4ccccc4)CC3)ncn2)CC1. The van der Waals surface area contributed by atoms with Crippen LogP contribution in [-0.2, 0) is 10.0 Å². The van der Waals surface area contributed by atoms with E-state index < -0.39 is 10.0 Å². The van der Waals surface area contributed by atoms with E-state index in [9.17, 15) is 8.42 Å². The molecule has 28 heavy (non-hydrogen) atoms. The smallest absolute Gasteiger partial charge is 0.243 e. The molecule has 150 valence electrons. The first-order valence-corrected chi connectivity index (χ1v) is 11.0. The summed E-state index contributed by atoms with van der Waals surface area (Å²) in [4.78, 5) is 15.9. The van der Waals surface area contributed by atoms with Gasteiger partial charge in [-0.2, -0.15) is 4.31 Å². The lowest BCUT2D eigenvalue weighted by Crippen LogP contribution is -2.49. The summed E-state index contributed by atoms with van der Waals surface area (Å²) < 4.78 is 27.1. The Hall–Kier alpha value is -2.23. The number of likely N-dealkylation sites (N-methyl/N-ethyl adjacent to an activating group) is 1. The van der Waals surface area contributed by atoms with Gasteiger partial charge in [0.25, 0.3) is 0 Å². The monoisotopic (exact) mass is 402 g/mol. The van der Waals surface area contributed by atoms with Crippen molar-refractivity contribution in [2.75, 3.05) is 69.2 Å². The molecule has 2 aliphatic rings. The van der Waals surface area contributed by atoms with E-state index in [1.165, 1.54) is 0 Å². The molecule has 2 aliphatic heterocycles. The van der Waals surface area contributed by atoms with E-state index in [-0.39, 0.29) is 0 Å². The molecule has 8 nitrogen and oxygen atoms in total. The van der Waals surface area contributed by atoms with Crippen LogP contribution in [0.1, 0.15) is 0 Å². The third-order valence-corrected chi connectivity index (χ3v) is 7.32. The number of hydrogen-bond acceptors (Lipinski definition) is 7. The highest BCUT2D eigenvalue weighted by Gasteiger charge is 2.29. The summed E-state index contributed by atoms with van der Waals surface area (Å²) in [5.74, 6) is 1.80. The maximum atomic E-state index is 12.8. The number of hydrogen-bond donors (Lipinski definition) is 0. The molecular formula is C19H26N6O2S. The number of anilines is 2. The van der Waals surface area contributed by atoms with E-state index in [0.29, 0.717) is 31.1 Å². The van der Waals surface area contributed by atoms with Gasteiger partial charge in [-0.1, -0.05) is 18.2 Å². The van der Waals surface area contributed by atoms with Gasteiger partial charge in [-0.05, 0) is 19.2 Å². The molecule has 0 atom stereocenters. The fourth-order valence-corrected chi connectivity index (χ4v) is 5.06. The van der Waals surface area contributed by atoms with Crippen molar-refractivity contribution in [3.05, 3.63) is 42.7 Å². The van der Waals surface area contributed by atoms with Crippen molar-refractivity contribution in [1.29, 1.82) is 0 Å². The molecule has 0 amide bonds. The lowest BCUT2D eigenvalue weighted by Gasteiger charge is -2.36. The van der Waals surface area contributed by atoms with Crippen LogP contribution in [0.5, 0.6) is 0 Å². The van der Waals surface area contributed by atoms with Crippen LogP contribution in [-0.4, -0.2) is 87.0 Å². The van der Waals surface area contributed by atoms with Gasteiger partial charge in [0, 0.05) is 58.4 Å². The summed E-state index contributed by atoms with van der Waals surface area (Å²) in [6, 6.07) is 10.6. The zero-order valence-electron chi connectivity index (χ0n) is 16.1. The van der Waals surface area contributed by atoms with Crippen molar-refractivity contribution in [2.45, 2.75) is 4.90 Å². The lowest BCUT2D eigenvalue weighted by atomic mass is 10.3. The molecule has 4 rings (SSSR count). The average Bonchev–Trinajstić information content (AvgIpc) is 2.75. The van der Waals surface area contributed by atoms with Crippen molar-refractivity contribution in [2.24, 2.45) is 0 Å². The fourth-order valence-electron chi connectivity index (χ4n) is 3.62. The maximum absolute atomic E-state index is 12.8. The number of piperazine rings is 2. The van der Waals surface area contributed by atoms with Gasteiger partial charge >= 0.3 is 0 Å². The van der Waals surface area contributed by atoms with Crippen LogP contribution < -0.4 is 9.80 Å². The van der Waals surface area contributed by atoms with Gasteiger partial charge < -0.3 is 14.7 Å². The van der Waals surface area contributed by atoms with E-state index in [0.717, 1.165) is 37.8 Å². The van der Waals surface area contributed by atoms with Crippen LogP contribution >= 0.6 is 0 Å². The number of rotatable bonds is 4. The van der Waals surface area contributed by atoms with Crippen LogP contribution in [0.25, 0.3) is 0 Å². The third kappa shape index (κ3) is 3.96. The first-order valence-electron chi connectivity index (χ1n) is 9.60. The third-order valence-electron chi connectivity index (χ3n) is 5.41. The van der Waals surface area contributed by atoms with Crippen molar-refractivity contribution < 1.29 is 8.42 Å². The van der Waals surface area contributed by atoms with Gasteiger partial charge in [0.15, 0.2) is 0 Å². The molecule has 3 heterocycles. The van der Waals surface area contributed by atoms with Crippen LogP contribution in [0.15, 0.2) is 47.6 Å². The Kier molecular flexibility index (Phi) is 5.47. The predicted molar refractivity (Wildman–Crippen MR) is 109 cm³/mol. The maximum Gasteiger partial charge on any atom is 0.243 e. The number of sulfonamides is 1. The molecular weight excluding hydrogens is 376 g/mol. The average molecular weight is 403 g/mol. The zero-order chi connectivity index (χ0) is 19.6. The van der Waals surface area contributed by atoms with Gasteiger partial charge in [0.05, 0.1) is 4.90 Å². The highest BCUT2D eigenvalue weighted by molar-refractivity contribution is 7.89. The molecule has 0 aliphatic carbocycles. The number of nitrogens with zero attached hydrogens (tertiary/aromatic N) is 6. The molecule has 1 aromatic carbocycles. The van der Waals surface area contributed by atoms with Gasteiger partial charge in [-0.15, -0.1) is 0 Å². The second-order valence-corrected chi connectivity index (χ2v) is 9.17. The fraction of sp³-hybridized carbons (Fsp3) is 0.474. The van der Waals surface area contributed by atoms with Crippen molar-refractivity contribution >= 4 is 21.7 Å². The Labute approximate surface area is 166 Å². The van der Waals surface area contributed by atoms with Crippen LogP contribution in [0.2, 0.25) is 0 Å². The summed E-state index contributed by atoms with van der Waals surface area (Å²) >= 11 is 0. The van der Waals surface area contributed by atoms with Gasteiger partial charge in [-0.25, -0.2) is 18.4 Å². The normalized spacial score (nSPS) is 19.8. The van der Waals surface area contributed by atoms with E-state index in [1.54, 1.807) is 34.9 Å². The Morgan fingerprint density at radius 1 is 0.786 bits per heavy atom. The molecule has 2 saturated heterocycles. The minimum absolute atomic E-state index is 0.350. The second kappa shape index (κ2) is 8.02. The number of benzene rings is 1. The Bertz CT molecular complexity index is 892. The van der Waals surface area contributed by atoms with Crippen LogP contribution in [0, 0.1) is 0 Å². The second-order valence-electron chi connectivity index (χ2n) is 7.23. The zero-order valence-corrected chi connectivity index (χ0v) is 16.9. The van der Waals surface area contributed by atoms with E-state index in [1.807, 2.05) is 12.1 Å². The minimum atomic E-state index is -3.44. The molecule has 1 aromatic heterocycles. The highest BCUT2D eigenvalue weighted by Crippen LogP contribution is 2.22. The van der Waals surface area contributed by atoms with E-state index in [2.05, 4.69) is 31.7 Å². The van der Waals surface area contributed by atoms with E-state index in [4.69, 9.17) is 0 Å². The van der Waals surface area contributed by atoms with Gasteiger partial charge in [0.1, 0.15) is 18.0 Å². The Morgan fingerprint density at radius 2 is 1.32 bits per heavy atom. The molecule has 0 unspecified atom stereocenters. The standard InChI is InChI=1S/C19H26N6O2S/c1-22-7-9-23(10-8-22)18-15-19(21-16-20-18)24-11-13-25(14-12-24)28(26,27)17-5-3-2-4-6-17/h2-6,15-16H,7-14H2,1H3. The molecule has 9 heteroatoms. The molecule has 0 N–H and O–H groups in total. The molecule has 0 radical (unpaired) electrons. The molecule has 2 fully saturated rings. The lowest BCUT2D eigenvalue weighted by molar-refractivity contribution is 0.312. The molecule has 0 bridgehead atoms. The van der Waals surface area contributed by atoms with Crippen molar-refractivity contribution in [3.8, 4) is 0 Å². The molecule has 0 spiro atoms. The molecule has 2 aromatic rings. The van der Waals surface area contributed by atoms with Gasteiger partial charge in [0.2, 0.25) is 10.0 Å². The van der Waals surface area contributed by atoms with Crippen LogP contribution in [0.4, 0.5) is 11.6 Å². The predicted octanol–water partition coefficient (Wildman–Crippen LogP) is 0.739.